The minimum absolute atomic E-state index is 0.0162. The van der Waals surface area contributed by atoms with Crippen molar-refractivity contribution in [1.29, 1.82) is 0 Å². The number of ether oxygens (including phenoxy) is 2. The highest BCUT2D eigenvalue weighted by atomic mass is 28.4. The van der Waals surface area contributed by atoms with E-state index in [1.54, 1.807) is 12.1 Å². The van der Waals surface area contributed by atoms with Crippen LogP contribution in [0.15, 0.2) is 48.5 Å². The zero-order valence-electron chi connectivity index (χ0n) is 32.2. The first-order valence-electron chi connectivity index (χ1n) is 17.9. The van der Waals surface area contributed by atoms with Gasteiger partial charge in [0, 0.05) is 13.1 Å². The van der Waals surface area contributed by atoms with E-state index in [1.807, 2.05) is 17.0 Å². The summed E-state index contributed by atoms with van der Waals surface area (Å²) >= 11 is 0. The lowest BCUT2D eigenvalue weighted by molar-refractivity contribution is -0.0829. The third kappa shape index (κ3) is 12.2. The molecule has 4 atom stereocenters. The lowest BCUT2D eigenvalue weighted by Gasteiger charge is -2.45. The van der Waals surface area contributed by atoms with Gasteiger partial charge in [-0.05, 0) is 71.7 Å². The highest BCUT2D eigenvalue weighted by Crippen LogP contribution is 2.38. The average molecular weight is 739 g/mol. The molecule has 2 N–H and O–H groups in total. The van der Waals surface area contributed by atoms with Crippen LogP contribution in [0.2, 0.25) is 36.3 Å². The molecule has 50 heavy (non-hydrogen) atoms. The molecule has 284 valence electrons. The van der Waals surface area contributed by atoms with Gasteiger partial charge < -0.3 is 28.5 Å². The lowest BCUT2D eigenvalue weighted by atomic mass is 10.1. The number of hydrogen-bond donors (Lipinski definition) is 2. The number of morpholine rings is 2. The van der Waals surface area contributed by atoms with Crippen molar-refractivity contribution in [3.63, 3.8) is 0 Å². The van der Waals surface area contributed by atoms with E-state index < -0.39 is 16.6 Å². The van der Waals surface area contributed by atoms with E-state index in [1.165, 1.54) is 24.3 Å². The third-order valence-electron chi connectivity index (χ3n) is 11.0. The Bertz CT molecular complexity index is 1240. The highest BCUT2D eigenvalue weighted by molar-refractivity contribution is 6.74. The van der Waals surface area contributed by atoms with Gasteiger partial charge in [-0.15, -0.1) is 0 Å². The molecule has 0 aromatic heterocycles. The third-order valence-corrected chi connectivity index (χ3v) is 20.0. The van der Waals surface area contributed by atoms with Crippen LogP contribution in [0.3, 0.4) is 0 Å². The number of halogens is 2. The van der Waals surface area contributed by atoms with Gasteiger partial charge in [-0.2, -0.15) is 0 Å². The molecule has 0 spiro atoms. The summed E-state index contributed by atoms with van der Waals surface area (Å²) in [5.74, 6) is -0.468. The van der Waals surface area contributed by atoms with Crippen LogP contribution in [0.5, 0.6) is 0 Å². The summed E-state index contributed by atoms with van der Waals surface area (Å²) in [5.41, 5.74) is 2.05. The molecule has 0 amide bonds. The van der Waals surface area contributed by atoms with Gasteiger partial charge in [0.05, 0.1) is 77.0 Å². The van der Waals surface area contributed by atoms with Gasteiger partial charge in [0.25, 0.3) is 0 Å². The van der Waals surface area contributed by atoms with Crippen molar-refractivity contribution in [2.75, 3.05) is 52.9 Å². The van der Waals surface area contributed by atoms with E-state index in [2.05, 4.69) is 72.6 Å². The summed E-state index contributed by atoms with van der Waals surface area (Å²) in [6.07, 6.45) is 0. The Morgan fingerprint density at radius 2 is 0.900 bits per heavy atom. The van der Waals surface area contributed by atoms with E-state index in [-0.39, 0.29) is 59.1 Å². The van der Waals surface area contributed by atoms with Crippen LogP contribution in [-0.2, 0) is 31.4 Å². The molecule has 4 unspecified atom stereocenters. The molecule has 2 aliphatic heterocycles. The number of rotatable bonds is 12. The van der Waals surface area contributed by atoms with Crippen molar-refractivity contribution < 1.29 is 37.3 Å². The molecule has 0 aliphatic carbocycles. The highest BCUT2D eigenvalue weighted by Gasteiger charge is 2.42. The second-order valence-electron chi connectivity index (χ2n) is 16.8. The molecule has 12 heteroatoms. The van der Waals surface area contributed by atoms with Crippen LogP contribution >= 0.6 is 0 Å². The Morgan fingerprint density at radius 3 is 1.20 bits per heavy atom. The van der Waals surface area contributed by atoms with Crippen LogP contribution in [0.25, 0.3) is 0 Å². The van der Waals surface area contributed by atoms with Crippen molar-refractivity contribution in [2.45, 2.75) is 115 Å². The van der Waals surface area contributed by atoms with Crippen LogP contribution in [0, 0.1) is 11.6 Å². The summed E-state index contributed by atoms with van der Waals surface area (Å²) in [7, 11) is -3.74. The van der Waals surface area contributed by atoms with Crippen LogP contribution in [0.4, 0.5) is 8.78 Å². The number of nitrogens with zero attached hydrogens (tertiary/aromatic N) is 2. The van der Waals surface area contributed by atoms with E-state index in [0.717, 1.165) is 17.7 Å². The van der Waals surface area contributed by atoms with Crippen LogP contribution < -0.4 is 0 Å². The Labute approximate surface area is 302 Å². The standard InChI is InChI=1S/C25H46FNO3Si2.C13H18FNO3/c1-24(2,3)31(7,8)29-18-22-16-28-17-23(19-30-32(9,10)25(4,5)6)27(22)15-20-11-13-21(26)14-12-20;14-11-3-1-10(2-4-11)5-15-12(6-16)8-18-9-13(15)7-17/h11-14,22-23H,15-19H2,1-10H3;1-4,12-13,16-17H,5-9H2. The van der Waals surface area contributed by atoms with Gasteiger partial charge in [-0.3, -0.25) is 9.80 Å². The quantitative estimate of drug-likeness (QED) is 0.230. The number of benzene rings is 2. The maximum Gasteiger partial charge on any atom is 0.192 e. The van der Waals surface area contributed by atoms with Gasteiger partial charge in [-0.1, -0.05) is 65.8 Å². The summed E-state index contributed by atoms with van der Waals surface area (Å²) in [6.45, 7) is 27.5. The van der Waals surface area contributed by atoms with Gasteiger partial charge in [-0.25, -0.2) is 8.78 Å². The molecule has 4 rings (SSSR count). The maximum atomic E-state index is 13.5. The Hall–Kier alpha value is -1.59. The predicted octanol–water partition coefficient (Wildman–Crippen LogP) is 6.82. The van der Waals surface area contributed by atoms with Gasteiger partial charge >= 0.3 is 0 Å². The Morgan fingerprint density at radius 1 is 0.600 bits per heavy atom. The second-order valence-corrected chi connectivity index (χ2v) is 26.4. The molecule has 2 saturated heterocycles. The number of aliphatic hydroxyl groups excluding tert-OH is 2. The fourth-order valence-electron chi connectivity index (χ4n) is 5.42. The zero-order valence-corrected chi connectivity index (χ0v) is 34.2. The monoisotopic (exact) mass is 738 g/mol. The largest absolute Gasteiger partial charge is 0.415 e. The number of aliphatic hydroxyl groups is 2. The van der Waals surface area contributed by atoms with E-state index in [0.29, 0.717) is 46.2 Å². The summed E-state index contributed by atoms with van der Waals surface area (Å²) in [4.78, 5) is 4.48. The second kappa shape index (κ2) is 18.4. The van der Waals surface area contributed by atoms with Crippen molar-refractivity contribution in [2.24, 2.45) is 0 Å². The Kier molecular flexibility index (Phi) is 15.8. The van der Waals surface area contributed by atoms with Crippen molar-refractivity contribution >= 4 is 16.6 Å². The molecule has 8 nitrogen and oxygen atoms in total. The van der Waals surface area contributed by atoms with E-state index >= 15 is 0 Å². The maximum absolute atomic E-state index is 13.5. The first-order valence-corrected chi connectivity index (χ1v) is 23.7. The van der Waals surface area contributed by atoms with Crippen molar-refractivity contribution in [1.82, 2.24) is 9.80 Å². The summed E-state index contributed by atoms with van der Waals surface area (Å²) in [5, 5.41) is 19.0. The van der Waals surface area contributed by atoms with Crippen molar-refractivity contribution in [3.8, 4) is 0 Å². The predicted molar refractivity (Wildman–Crippen MR) is 201 cm³/mol. The van der Waals surface area contributed by atoms with Gasteiger partial charge in [0.2, 0.25) is 0 Å². The molecule has 0 saturated carbocycles. The number of hydrogen-bond acceptors (Lipinski definition) is 8. The molecule has 2 fully saturated rings. The molecule has 2 heterocycles. The minimum Gasteiger partial charge on any atom is -0.415 e. The van der Waals surface area contributed by atoms with Crippen LogP contribution in [-0.4, -0.2) is 114 Å². The fraction of sp³-hybridized carbons (Fsp3) is 0.684. The average Bonchev–Trinajstić information content (AvgIpc) is 3.05. The Balaban J connectivity index is 0.000000316. The molecule has 2 aliphatic rings. The van der Waals surface area contributed by atoms with Gasteiger partial charge in [0.1, 0.15) is 11.6 Å². The van der Waals surface area contributed by atoms with Crippen LogP contribution in [0.1, 0.15) is 52.7 Å². The molecule has 0 radical (unpaired) electrons. The normalized spacial score (nSPS) is 23.0. The SMILES string of the molecule is CC(C)(C)[Si](C)(C)OCC1COCC(CO[Si](C)(C)C(C)(C)C)N1Cc1ccc(F)cc1.OCC1COCC(CO)N1Cc1ccc(F)cc1. The molecular formula is C38H64F2N2O6Si2. The summed E-state index contributed by atoms with van der Waals surface area (Å²) in [6, 6.07) is 13.1. The lowest BCUT2D eigenvalue weighted by Crippen LogP contribution is -2.57. The first-order chi connectivity index (χ1) is 23.3. The first kappa shape index (κ1) is 42.8. The minimum atomic E-state index is -1.87. The topological polar surface area (TPSA) is 83.9 Å². The van der Waals surface area contributed by atoms with Gasteiger partial charge in [0.15, 0.2) is 16.6 Å². The fourth-order valence-corrected chi connectivity index (χ4v) is 7.51. The molecule has 0 bridgehead atoms. The smallest absolute Gasteiger partial charge is 0.192 e. The van der Waals surface area contributed by atoms with E-state index in [4.69, 9.17) is 18.3 Å². The summed E-state index contributed by atoms with van der Waals surface area (Å²) < 4.78 is 50.9. The zero-order chi connectivity index (χ0) is 37.3. The molecule has 2 aromatic carbocycles. The van der Waals surface area contributed by atoms with E-state index in [9.17, 15) is 19.0 Å². The molecular weight excluding hydrogens is 675 g/mol. The molecule has 2 aromatic rings. The van der Waals surface area contributed by atoms with Crippen molar-refractivity contribution in [3.05, 3.63) is 71.3 Å².